The zero-order valence-electron chi connectivity index (χ0n) is 13.0. The normalized spacial score (nSPS) is 11.8. The first-order valence-corrected chi connectivity index (χ1v) is 9.44. The summed E-state index contributed by atoms with van der Waals surface area (Å²) in [6.45, 7) is 3.83. The molecule has 1 rings (SSSR count). The van der Waals surface area contributed by atoms with E-state index in [2.05, 4.69) is 27.3 Å². The van der Waals surface area contributed by atoms with E-state index in [9.17, 15) is 8.42 Å². The Morgan fingerprint density at radius 3 is 2.55 bits per heavy atom. The van der Waals surface area contributed by atoms with Gasteiger partial charge < -0.3 is 10.6 Å². The van der Waals surface area contributed by atoms with Crippen LogP contribution in [0.3, 0.4) is 0 Å². The van der Waals surface area contributed by atoms with Crippen molar-refractivity contribution in [1.29, 1.82) is 0 Å². The lowest BCUT2D eigenvalue weighted by Crippen LogP contribution is -2.41. The van der Waals surface area contributed by atoms with Gasteiger partial charge in [0.25, 0.3) is 0 Å². The molecule has 0 amide bonds. The summed E-state index contributed by atoms with van der Waals surface area (Å²) in [6, 6.07) is 3.31. The van der Waals surface area contributed by atoms with Gasteiger partial charge in [0, 0.05) is 26.7 Å². The van der Waals surface area contributed by atoms with Gasteiger partial charge in [-0.25, -0.2) is 13.1 Å². The van der Waals surface area contributed by atoms with Crippen LogP contribution in [0.1, 0.15) is 26.2 Å². The van der Waals surface area contributed by atoms with Crippen LogP contribution in [-0.2, 0) is 10.0 Å². The molecule has 0 fully saturated rings. The molecule has 128 valence electrons. The van der Waals surface area contributed by atoms with E-state index in [1.807, 2.05) is 0 Å². The molecule has 0 unspecified atom stereocenters. The standard InChI is InChI=1S/C13H24N4O2S2.HI/c1-3-4-5-8-15-13(14-2)16-9-10-17-21(18,19)12-7-6-11-20-12;/h6-7,11,17H,3-5,8-10H2,1-2H3,(H2,14,15,16);1H. The minimum Gasteiger partial charge on any atom is -0.356 e. The van der Waals surface area contributed by atoms with Gasteiger partial charge in [0.05, 0.1) is 0 Å². The lowest BCUT2D eigenvalue weighted by Gasteiger charge is -2.12. The number of aliphatic imine (C=N–C) groups is 1. The van der Waals surface area contributed by atoms with Crippen LogP contribution in [0.5, 0.6) is 0 Å². The van der Waals surface area contributed by atoms with Gasteiger partial charge in [-0.05, 0) is 17.9 Å². The molecule has 1 aromatic rings. The zero-order valence-corrected chi connectivity index (χ0v) is 16.9. The highest BCUT2D eigenvalue weighted by Crippen LogP contribution is 2.14. The minimum absolute atomic E-state index is 0. The van der Waals surface area contributed by atoms with Crippen molar-refractivity contribution in [2.45, 2.75) is 30.4 Å². The second-order valence-corrected chi connectivity index (χ2v) is 7.40. The van der Waals surface area contributed by atoms with Crippen LogP contribution in [0.2, 0.25) is 0 Å². The molecular weight excluding hydrogens is 435 g/mol. The third-order valence-corrected chi connectivity index (χ3v) is 5.62. The Hall–Kier alpha value is -0.390. The fraction of sp³-hybridized carbons (Fsp3) is 0.615. The summed E-state index contributed by atoms with van der Waals surface area (Å²) in [7, 11) is -1.68. The van der Waals surface area contributed by atoms with E-state index >= 15 is 0 Å². The molecular formula is C13H25IN4O2S2. The molecule has 0 atom stereocenters. The highest BCUT2D eigenvalue weighted by atomic mass is 127. The molecule has 22 heavy (non-hydrogen) atoms. The van der Waals surface area contributed by atoms with Gasteiger partial charge in [-0.2, -0.15) is 0 Å². The Morgan fingerprint density at radius 1 is 1.23 bits per heavy atom. The second-order valence-electron chi connectivity index (χ2n) is 4.46. The molecule has 0 aliphatic rings. The number of nitrogens with zero attached hydrogens (tertiary/aromatic N) is 1. The number of nitrogens with one attached hydrogen (secondary N) is 3. The number of guanidine groups is 1. The van der Waals surface area contributed by atoms with Crippen molar-refractivity contribution >= 4 is 51.3 Å². The van der Waals surface area contributed by atoms with E-state index in [1.165, 1.54) is 24.2 Å². The Balaban J connectivity index is 0.00000441. The van der Waals surface area contributed by atoms with E-state index in [-0.39, 0.29) is 24.0 Å². The molecule has 0 aliphatic heterocycles. The van der Waals surface area contributed by atoms with Crippen molar-refractivity contribution in [2.24, 2.45) is 4.99 Å². The van der Waals surface area contributed by atoms with Gasteiger partial charge in [0.2, 0.25) is 10.0 Å². The number of thiophene rings is 1. The molecule has 0 aromatic carbocycles. The molecule has 0 radical (unpaired) electrons. The highest BCUT2D eigenvalue weighted by molar-refractivity contribution is 14.0. The van der Waals surface area contributed by atoms with E-state index in [0.717, 1.165) is 13.0 Å². The second kappa shape index (κ2) is 12.1. The molecule has 0 aliphatic carbocycles. The number of unbranched alkanes of at least 4 members (excludes halogenated alkanes) is 2. The fourth-order valence-electron chi connectivity index (χ4n) is 1.66. The first kappa shape index (κ1) is 21.6. The van der Waals surface area contributed by atoms with Crippen molar-refractivity contribution in [2.75, 3.05) is 26.7 Å². The quantitative estimate of drug-likeness (QED) is 0.228. The lowest BCUT2D eigenvalue weighted by atomic mass is 10.2. The number of hydrogen-bond acceptors (Lipinski definition) is 4. The Kier molecular flexibility index (Phi) is 11.9. The Labute approximate surface area is 154 Å². The van der Waals surface area contributed by atoms with Crippen molar-refractivity contribution < 1.29 is 8.42 Å². The van der Waals surface area contributed by atoms with Crippen LogP contribution >= 0.6 is 35.3 Å². The largest absolute Gasteiger partial charge is 0.356 e. The summed E-state index contributed by atoms with van der Waals surface area (Å²) in [5, 5.41) is 8.02. The van der Waals surface area contributed by atoms with Crippen molar-refractivity contribution in [3.8, 4) is 0 Å². The maximum Gasteiger partial charge on any atom is 0.250 e. The molecule has 9 heteroatoms. The molecule has 6 nitrogen and oxygen atoms in total. The van der Waals surface area contributed by atoms with Crippen molar-refractivity contribution in [1.82, 2.24) is 15.4 Å². The summed E-state index contributed by atoms with van der Waals surface area (Å²) in [5.74, 6) is 0.696. The molecule has 0 saturated carbocycles. The third-order valence-electron chi connectivity index (χ3n) is 2.77. The van der Waals surface area contributed by atoms with E-state index in [0.29, 0.717) is 23.3 Å². The Bertz CT molecular complexity index is 518. The summed E-state index contributed by atoms with van der Waals surface area (Å²) < 4.78 is 26.6. The smallest absolute Gasteiger partial charge is 0.250 e. The van der Waals surface area contributed by atoms with Crippen molar-refractivity contribution in [3.63, 3.8) is 0 Å². The topological polar surface area (TPSA) is 82.6 Å². The van der Waals surface area contributed by atoms with Gasteiger partial charge in [0.1, 0.15) is 4.21 Å². The predicted octanol–water partition coefficient (Wildman–Crippen LogP) is 2.00. The van der Waals surface area contributed by atoms with Crippen LogP contribution < -0.4 is 15.4 Å². The summed E-state index contributed by atoms with van der Waals surface area (Å²) in [4.78, 5) is 4.09. The van der Waals surface area contributed by atoms with Crippen LogP contribution in [0.4, 0.5) is 0 Å². The summed E-state index contributed by atoms with van der Waals surface area (Å²) >= 11 is 1.21. The van der Waals surface area contributed by atoms with Crippen LogP contribution in [-0.4, -0.2) is 41.1 Å². The minimum atomic E-state index is -3.38. The van der Waals surface area contributed by atoms with E-state index < -0.39 is 10.0 Å². The van der Waals surface area contributed by atoms with E-state index in [1.54, 1.807) is 24.6 Å². The SMILES string of the molecule is CCCCCNC(=NC)NCCNS(=O)(=O)c1cccs1.I. The zero-order chi connectivity index (χ0) is 15.6. The van der Waals surface area contributed by atoms with Crippen LogP contribution in [0.25, 0.3) is 0 Å². The fourth-order valence-corrected chi connectivity index (χ4v) is 3.73. The molecule has 0 bridgehead atoms. The lowest BCUT2D eigenvalue weighted by molar-refractivity contribution is 0.582. The Morgan fingerprint density at radius 2 is 1.95 bits per heavy atom. The van der Waals surface area contributed by atoms with Crippen molar-refractivity contribution in [3.05, 3.63) is 17.5 Å². The third kappa shape index (κ3) is 8.30. The monoisotopic (exact) mass is 460 g/mol. The first-order chi connectivity index (χ1) is 10.1. The number of halogens is 1. The van der Waals surface area contributed by atoms with Gasteiger partial charge in [-0.15, -0.1) is 35.3 Å². The van der Waals surface area contributed by atoms with Gasteiger partial charge in [-0.1, -0.05) is 25.8 Å². The number of sulfonamides is 1. The maximum atomic E-state index is 11.9. The molecule has 0 spiro atoms. The predicted molar refractivity (Wildman–Crippen MR) is 104 cm³/mol. The number of rotatable bonds is 9. The van der Waals surface area contributed by atoms with Crippen LogP contribution in [0, 0.1) is 0 Å². The number of hydrogen-bond donors (Lipinski definition) is 3. The maximum absolute atomic E-state index is 11.9. The molecule has 0 saturated heterocycles. The molecule has 3 N–H and O–H groups in total. The highest BCUT2D eigenvalue weighted by Gasteiger charge is 2.13. The summed E-state index contributed by atoms with van der Waals surface area (Å²) in [6.07, 6.45) is 3.46. The average Bonchev–Trinajstić information content (AvgIpc) is 3.00. The van der Waals surface area contributed by atoms with E-state index in [4.69, 9.17) is 0 Å². The van der Waals surface area contributed by atoms with Gasteiger partial charge in [-0.3, -0.25) is 4.99 Å². The van der Waals surface area contributed by atoms with Gasteiger partial charge in [0.15, 0.2) is 5.96 Å². The van der Waals surface area contributed by atoms with Crippen LogP contribution in [0.15, 0.2) is 26.7 Å². The molecule has 1 heterocycles. The summed E-state index contributed by atoms with van der Waals surface area (Å²) in [5.41, 5.74) is 0. The van der Waals surface area contributed by atoms with Gasteiger partial charge >= 0.3 is 0 Å². The average molecular weight is 460 g/mol. The molecule has 1 aromatic heterocycles. The first-order valence-electron chi connectivity index (χ1n) is 7.08.